The Morgan fingerprint density at radius 2 is 0.922 bits per heavy atom. The van der Waals surface area contributed by atoms with Crippen molar-refractivity contribution >= 4 is 23.9 Å². The van der Waals surface area contributed by atoms with Crippen LogP contribution in [0, 0.1) is 35.5 Å². The van der Waals surface area contributed by atoms with Gasteiger partial charge in [0.05, 0.1) is 50.1 Å². The van der Waals surface area contributed by atoms with Gasteiger partial charge in [-0.3, -0.25) is 0 Å². The molecule has 6 aliphatic rings. The summed E-state index contributed by atoms with van der Waals surface area (Å²) < 4.78 is 44.7. The van der Waals surface area contributed by atoms with Crippen LogP contribution in [0.3, 0.4) is 0 Å². The van der Waals surface area contributed by atoms with E-state index in [9.17, 15) is 80.5 Å². The minimum absolute atomic E-state index is 0.111. The van der Waals surface area contributed by atoms with Crippen molar-refractivity contribution < 1.29 is 118 Å². The maximum Gasteiger partial charge on any atom is 0.342 e. The van der Waals surface area contributed by atoms with Gasteiger partial charge in [0.1, 0.15) is 71.5 Å². The molecular formula is C40H50O24. The smallest absolute Gasteiger partial charge is 0.342 e. The number of esters is 2. The molecule has 0 spiro atoms. The number of carbonyl (C=O) groups is 4. The minimum atomic E-state index is -1.80. The van der Waals surface area contributed by atoms with Crippen LogP contribution in [-0.2, 0) is 47.5 Å². The summed E-state index contributed by atoms with van der Waals surface area (Å²) in [6.07, 6.45) is -16.0. The molecule has 24 nitrogen and oxygen atoms in total. The fourth-order valence-electron chi connectivity index (χ4n) is 9.50. The Kier molecular flexibility index (Phi) is 14.3. The van der Waals surface area contributed by atoms with Crippen LogP contribution >= 0.6 is 0 Å². The van der Waals surface area contributed by atoms with Gasteiger partial charge in [-0.15, -0.1) is 0 Å². The SMILES string of the molecule is O=C(O)C1=CO[C@@H](O[C@@H]2O[C@H](CO)[C@@H](O)[C@H](O)[C@H]2O)C2C(COC(=O)c3cc(O)c(C(=O)OCC4CCC5C(C(=O)O)=CO[C@@H](O[C@@H]6O[C@H](CO)[C@@H](O)[C@H](O)[C@H]6O)C45)cc3O)CCC12. The topological polar surface area (TPSA) is 385 Å². The first-order valence-electron chi connectivity index (χ1n) is 20.4. The second-order valence-electron chi connectivity index (χ2n) is 16.6. The highest BCUT2D eigenvalue weighted by Crippen LogP contribution is 2.49. The van der Waals surface area contributed by atoms with E-state index in [1.165, 1.54) is 0 Å². The zero-order chi connectivity index (χ0) is 46.3. The number of hydrogen-bond acceptors (Lipinski definition) is 22. The lowest BCUT2D eigenvalue weighted by Gasteiger charge is -2.43. The van der Waals surface area contributed by atoms with E-state index in [4.69, 9.17) is 37.9 Å². The van der Waals surface area contributed by atoms with Crippen molar-refractivity contribution in [1.82, 2.24) is 0 Å². The number of carboxylic acid groups (broad SMARTS) is 2. The molecule has 6 unspecified atom stereocenters. The molecule has 4 fully saturated rings. The van der Waals surface area contributed by atoms with E-state index in [2.05, 4.69) is 0 Å². The lowest BCUT2D eigenvalue weighted by atomic mass is 9.83. The summed E-state index contributed by atoms with van der Waals surface area (Å²) in [5.74, 6) is -10.9. The van der Waals surface area contributed by atoms with E-state index in [0.29, 0.717) is 0 Å². The van der Waals surface area contributed by atoms with E-state index in [1.54, 1.807) is 0 Å². The quantitative estimate of drug-likeness (QED) is 0.0653. The molecule has 354 valence electrons. The summed E-state index contributed by atoms with van der Waals surface area (Å²) >= 11 is 0. The molecule has 64 heavy (non-hydrogen) atoms. The molecule has 2 saturated heterocycles. The number of aliphatic carboxylic acids is 2. The van der Waals surface area contributed by atoms with E-state index >= 15 is 0 Å². The van der Waals surface area contributed by atoms with Crippen LogP contribution in [0.4, 0.5) is 0 Å². The number of phenols is 2. The van der Waals surface area contributed by atoms with Gasteiger partial charge in [0, 0.05) is 35.5 Å². The molecular weight excluding hydrogens is 864 g/mol. The fourth-order valence-corrected chi connectivity index (χ4v) is 9.50. The zero-order valence-corrected chi connectivity index (χ0v) is 33.6. The Labute approximate surface area is 362 Å². The molecule has 24 heteroatoms. The Hall–Kier alpha value is -4.70. The maximum absolute atomic E-state index is 13.3. The predicted molar refractivity (Wildman–Crippen MR) is 201 cm³/mol. The summed E-state index contributed by atoms with van der Waals surface area (Å²) in [6, 6.07) is 1.53. The second-order valence-corrected chi connectivity index (χ2v) is 16.6. The third kappa shape index (κ3) is 9.10. The summed E-state index contributed by atoms with van der Waals surface area (Å²) in [5.41, 5.74) is -1.35. The van der Waals surface area contributed by atoms with E-state index in [-0.39, 0.29) is 36.8 Å². The molecule has 0 aromatic heterocycles. The van der Waals surface area contributed by atoms with Crippen molar-refractivity contribution in [2.24, 2.45) is 35.5 Å². The number of aromatic hydroxyl groups is 2. The molecule has 0 amide bonds. The number of fused-ring (bicyclic) bond motifs is 2. The van der Waals surface area contributed by atoms with Crippen LogP contribution in [0.15, 0.2) is 35.8 Å². The molecule has 2 saturated carbocycles. The number of phenolic OH excluding ortho intramolecular Hbond substituents is 2. The fraction of sp³-hybridized carbons (Fsp3) is 0.650. The number of carbonyl (C=O) groups excluding carboxylic acids is 2. The molecule has 4 aliphatic heterocycles. The van der Waals surface area contributed by atoms with E-state index in [1.807, 2.05) is 0 Å². The largest absolute Gasteiger partial charge is 0.507 e. The van der Waals surface area contributed by atoms with E-state index in [0.717, 1.165) is 24.7 Å². The first-order valence-corrected chi connectivity index (χ1v) is 20.4. The monoisotopic (exact) mass is 914 g/mol. The molecule has 0 bridgehead atoms. The maximum atomic E-state index is 13.3. The average Bonchev–Trinajstić information content (AvgIpc) is 3.91. The first-order chi connectivity index (χ1) is 30.4. The van der Waals surface area contributed by atoms with Gasteiger partial charge >= 0.3 is 23.9 Å². The van der Waals surface area contributed by atoms with Crippen LogP contribution in [0.5, 0.6) is 11.5 Å². The normalized spacial score (nSPS) is 39.2. The van der Waals surface area contributed by atoms with E-state index < -0.39 is 182 Å². The Bertz CT molecular complexity index is 1830. The van der Waals surface area contributed by atoms with Gasteiger partial charge in [-0.25, -0.2) is 19.2 Å². The summed E-state index contributed by atoms with van der Waals surface area (Å²) in [6.45, 7) is -2.28. The van der Waals surface area contributed by atoms with Gasteiger partial charge in [-0.1, -0.05) is 0 Å². The molecule has 4 heterocycles. The highest BCUT2D eigenvalue weighted by molar-refractivity contribution is 5.98. The molecule has 7 rings (SSSR count). The summed E-state index contributed by atoms with van der Waals surface area (Å²) in [7, 11) is 0. The van der Waals surface area contributed by atoms with Crippen molar-refractivity contribution in [3.63, 3.8) is 0 Å². The number of hydrogen-bond donors (Lipinski definition) is 12. The van der Waals surface area contributed by atoms with Crippen molar-refractivity contribution in [3.8, 4) is 11.5 Å². The molecule has 1 aromatic rings. The molecule has 1 aromatic carbocycles. The first kappa shape index (κ1) is 47.3. The predicted octanol–water partition coefficient (Wildman–Crippen LogP) is -3.02. The molecule has 2 aliphatic carbocycles. The van der Waals surface area contributed by atoms with Crippen molar-refractivity contribution in [2.45, 2.75) is 99.7 Å². The second kappa shape index (κ2) is 19.4. The number of benzene rings is 1. The average molecular weight is 915 g/mol. The van der Waals surface area contributed by atoms with Gasteiger partial charge in [0.2, 0.25) is 12.6 Å². The lowest BCUT2D eigenvalue weighted by Crippen LogP contribution is -2.60. The van der Waals surface area contributed by atoms with Gasteiger partial charge in [-0.2, -0.15) is 0 Å². The Balaban J connectivity index is 0.994. The van der Waals surface area contributed by atoms with Crippen molar-refractivity contribution in [2.75, 3.05) is 26.4 Å². The lowest BCUT2D eigenvalue weighted by molar-refractivity contribution is -0.343. The minimum Gasteiger partial charge on any atom is -0.507 e. The van der Waals surface area contributed by atoms with Gasteiger partial charge in [0.15, 0.2) is 12.6 Å². The number of aliphatic hydroxyl groups is 8. The number of ether oxygens (including phenoxy) is 8. The Morgan fingerprint density at radius 1 is 0.547 bits per heavy atom. The molecule has 12 N–H and O–H groups in total. The van der Waals surface area contributed by atoms with Crippen LogP contribution in [0.25, 0.3) is 0 Å². The highest BCUT2D eigenvalue weighted by Gasteiger charge is 2.54. The van der Waals surface area contributed by atoms with Crippen molar-refractivity contribution in [1.29, 1.82) is 0 Å². The third-order valence-electron chi connectivity index (χ3n) is 12.9. The number of carboxylic acids is 2. The van der Waals surface area contributed by atoms with Crippen molar-refractivity contribution in [3.05, 3.63) is 46.9 Å². The number of rotatable bonds is 14. The van der Waals surface area contributed by atoms with Gasteiger partial charge < -0.3 is 99.2 Å². The summed E-state index contributed by atoms with van der Waals surface area (Å²) in [5, 5.41) is 122. The number of aliphatic hydroxyl groups excluding tert-OH is 8. The Morgan fingerprint density at radius 3 is 1.27 bits per heavy atom. The summed E-state index contributed by atoms with van der Waals surface area (Å²) in [4.78, 5) is 50.7. The van der Waals surface area contributed by atoms with Gasteiger partial charge in [-0.05, 0) is 37.8 Å². The van der Waals surface area contributed by atoms with Crippen LogP contribution < -0.4 is 0 Å². The molecule has 18 atom stereocenters. The third-order valence-corrected chi connectivity index (χ3v) is 12.9. The zero-order valence-electron chi connectivity index (χ0n) is 33.6. The van der Waals surface area contributed by atoms with Gasteiger partial charge in [0.25, 0.3) is 0 Å². The van der Waals surface area contributed by atoms with Crippen LogP contribution in [0.2, 0.25) is 0 Å². The highest BCUT2D eigenvalue weighted by atomic mass is 16.8. The standard InChI is InChI=1S/C40H50O24/c41-7-23-27(45)29(47)31(49)39(61-23)63-37-25-13(1-3-15(25)19(11-59-37)33(51)52)9-57-35(55)17-5-22(44)18(6-21(17)43)36(56)58-10-14-2-4-16-20(34(53)54)12-60-38(26(14)16)64-40-32(50)30(48)28(46)24(8-42)62-40/h5-6,11-16,23-32,37-50H,1-4,7-10H2,(H,51,52)(H,53,54)/t13?,14?,15?,16?,23-,24-,25?,26?,27-,28-,29+,30+,31-,32-,37+,38+,39+,40+/m1/s1. The molecule has 0 radical (unpaired) electrons. The van der Waals surface area contributed by atoms with Crippen LogP contribution in [-0.4, -0.2) is 186 Å². The van der Waals surface area contributed by atoms with Crippen LogP contribution in [0.1, 0.15) is 46.4 Å².